The fourth-order valence-corrected chi connectivity index (χ4v) is 2.58. The molecule has 2 rings (SSSR count). The van der Waals surface area contributed by atoms with Gasteiger partial charge in [0.15, 0.2) is 0 Å². The normalized spacial score (nSPS) is 19.6. The Kier molecular flexibility index (Phi) is 5.03. The number of rotatable bonds is 6. The molecule has 0 aliphatic carbocycles. The number of hydrogen-bond acceptors (Lipinski definition) is 3. The highest BCUT2D eigenvalue weighted by atomic mass is 35.5. The van der Waals surface area contributed by atoms with Crippen molar-refractivity contribution in [3.63, 3.8) is 0 Å². The Hall–Kier alpha value is -0.580. The van der Waals surface area contributed by atoms with Crippen molar-refractivity contribution in [3.05, 3.63) is 16.4 Å². The van der Waals surface area contributed by atoms with Crippen LogP contribution in [0, 0.1) is 6.92 Å². The van der Waals surface area contributed by atoms with Crippen LogP contribution in [0.2, 0.25) is 5.02 Å². The second-order valence-corrected chi connectivity index (χ2v) is 5.14. The molecule has 0 amide bonds. The van der Waals surface area contributed by atoms with Crippen LogP contribution in [0.25, 0.3) is 0 Å². The first kappa shape index (κ1) is 13.8. The van der Waals surface area contributed by atoms with Crippen molar-refractivity contribution in [2.75, 3.05) is 13.2 Å². The number of ether oxygens (including phenoxy) is 1. The van der Waals surface area contributed by atoms with E-state index in [2.05, 4.69) is 17.3 Å². The second kappa shape index (κ2) is 6.55. The van der Waals surface area contributed by atoms with Crippen LogP contribution in [-0.4, -0.2) is 29.0 Å². The number of halogens is 1. The summed E-state index contributed by atoms with van der Waals surface area (Å²) in [7, 11) is 0. The van der Waals surface area contributed by atoms with Gasteiger partial charge in [-0.2, -0.15) is 5.10 Å². The minimum atomic E-state index is 0.450. The molecule has 0 saturated carbocycles. The Bertz CT molecular complexity index is 386. The zero-order chi connectivity index (χ0) is 13.0. The molecule has 1 atom stereocenters. The van der Waals surface area contributed by atoms with E-state index in [0.29, 0.717) is 6.10 Å². The third-order valence-electron chi connectivity index (χ3n) is 3.41. The fourth-order valence-electron chi connectivity index (χ4n) is 2.38. The van der Waals surface area contributed by atoms with Gasteiger partial charge >= 0.3 is 0 Å². The van der Waals surface area contributed by atoms with Crippen LogP contribution in [0.3, 0.4) is 0 Å². The highest BCUT2D eigenvalue weighted by Gasteiger charge is 2.15. The third kappa shape index (κ3) is 3.25. The first-order valence-electron chi connectivity index (χ1n) is 6.76. The Morgan fingerprint density at radius 2 is 2.39 bits per heavy atom. The van der Waals surface area contributed by atoms with Gasteiger partial charge in [0.1, 0.15) is 0 Å². The van der Waals surface area contributed by atoms with Crippen LogP contribution in [0.1, 0.15) is 37.6 Å². The minimum Gasteiger partial charge on any atom is -0.378 e. The van der Waals surface area contributed by atoms with E-state index in [4.69, 9.17) is 16.3 Å². The number of nitrogens with zero attached hydrogens (tertiary/aromatic N) is 2. The van der Waals surface area contributed by atoms with E-state index in [1.807, 2.05) is 11.6 Å². The van der Waals surface area contributed by atoms with Gasteiger partial charge in [0.05, 0.1) is 22.5 Å². The first-order chi connectivity index (χ1) is 8.72. The van der Waals surface area contributed by atoms with Crippen molar-refractivity contribution in [3.8, 4) is 0 Å². The van der Waals surface area contributed by atoms with Gasteiger partial charge in [-0.05, 0) is 39.7 Å². The summed E-state index contributed by atoms with van der Waals surface area (Å²) < 4.78 is 7.56. The minimum absolute atomic E-state index is 0.450. The Balaban J connectivity index is 1.78. The second-order valence-electron chi connectivity index (χ2n) is 4.76. The highest BCUT2D eigenvalue weighted by molar-refractivity contribution is 6.31. The van der Waals surface area contributed by atoms with Gasteiger partial charge in [0.2, 0.25) is 0 Å². The molecule has 1 aromatic heterocycles. The molecule has 1 fully saturated rings. The molecule has 18 heavy (non-hydrogen) atoms. The van der Waals surface area contributed by atoms with E-state index in [0.717, 1.165) is 49.1 Å². The lowest BCUT2D eigenvalue weighted by atomic mass is 10.2. The molecule has 102 valence electrons. The van der Waals surface area contributed by atoms with Crippen LogP contribution >= 0.6 is 11.6 Å². The van der Waals surface area contributed by atoms with Gasteiger partial charge in [-0.25, -0.2) is 0 Å². The number of nitrogens with one attached hydrogen (secondary N) is 1. The Morgan fingerprint density at radius 1 is 1.56 bits per heavy atom. The Labute approximate surface area is 114 Å². The smallest absolute Gasteiger partial charge is 0.0860 e. The maximum atomic E-state index is 6.25. The molecule has 4 nitrogen and oxygen atoms in total. The van der Waals surface area contributed by atoms with E-state index in [9.17, 15) is 0 Å². The summed E-state index contributed by atoms with van der Waals surface area (Å²) >= 11 is 6.25. The van der Waals surface area contributed by atoms with Crippen LogP contribution in [0.4, 0.5) is 0 Å². The average molecular weight is 272 g/mol. The van der Waals surface area contributed by atoms with Gasteiger partial charge < -0.3 is 10.1 Å². The molecule has 1 unspecified atom stereocenters. The molecule has 1 aliphatic rings. The average Bonchev–Trinajstić information content (AvgIpc) is 2.96. The van der Waals surface area contributed by atoms with Gasteiger partial charge in [0, 0.05) is 19.7 Å². The van der Waals surface area contributed by atoms with Crippen LogP contribution < -0.4 is 5.32 Å². The molecule has 0 spiro atoms. The molecule has 1 saturated heterocycles. The van der Waals surface area contributed by atoms with E-state index in [1.165, 1.54) is 12.8 Å². The number of aryl methyl sites for hydroxylation is 2. The van der Waals surface area contributed by atoms with Gasteiger partial charge in [-0.15, -0.1) is 0 Å². The maximum absolute atomic E-state index is 6.25. The Morgan fingerprint density at radius 3 is 3.06 bits per heavy atom. The SMILES string of the molecule is CCn1nc(C)c(Cl)c1CNCCC1CCCO1. The maximum Gasteiger partial charge on any atom is 0.0860 e. The van der Waals surface area contributed by atoms with E-state index >= 15 is 0 Å². The van der Waals surface area contributed by atoms with Crippen LogP contribution in [-0.2, 0) is 17.8 Å². The lowest BCUT2D eigenvalue weighted by molar-refractivity contribution is 0.104. The molecule has 0 radical (unpaired) electrons. The van der Waals surface area contributed by atoms with E-state index in [1.54, 1.807) is 0 Å². The molecule has 2 heterocycles. The summed E-state index contributed by atoms with van der Waals surface area (Å²) in [5.74, 6) is 0. The predicted octanol–water partition coefficient (Wildman–Crippen LogP) is 2.52. The lowest BCUT2D eigenvalue weighted by Gasteiger charge is -2.11. The highest BCUT2D eigenvalue weighted by Crippen LogP contribution is 2.20. The first-order valence-corrected chi connectivity index (χ1v) is 7.14. The monoisotopic (exact) mass is 271 g/mol. The molecule has 1 aliphatic heterocycles. The van der Waals surface area contributed by atoms with Gasteiger partial charge in [-0.3, -0.25) is 4.68 Å². The summed E-state index contributed by atoms with van der Waals surface area (Å²) in [6.07, 6.45) is 3.94. The fraction of sp³-hybridized carbons (Fsp3) is 0.769. The number of aromatic nitrogens is 2. The van der Waals surface area contributed by atoms with Crippen LogP contribution in [0.5, 0.6) is 0 Å². The summed E-state index contributed by atoms with van der Waals surface area (Å²) in [5.41, 5.74) is 2.00. The lowest BCUT2D eigenvalue weighted by Crippen LogP contribution is -2.21. The summed E-state index contributed by atoms with van der Waals surface area (Å²) in [6.45, 7) is 7.56. The molecular weight excluding hydrogens is 250 g/mol. The van der Waals surface area contributed by atoms with Crippen molar-refractivity contribution in [1.82, 2.24) is 15.1 Å². The van der Waals surface area contributed by atoms with Crippen molar-refractivity contribution >= 4 is 11.6 Å². The molecule has 0 bridgehead atoms. The molecule has 1 N–H and O–H groups in total. The van der Waals surface area contributed by atoms with Gasteiger partial charge in [0.25, 0.3) is 0 Å². The number of hydrogen-bond donors (Lipinski definition) is 1. The van der Waals surface area contributed by atoms with E-state index in [-0.39, 0.29) is 0 Å². The molecule has 5 heteroatoms. The third-order valence-corrected chi connectivity index (χ3v) is 3.90. The summed E-state index contributed by atoms with van der Waals surface area (Å²) in [5, 5.41) is 8.63. The van der Waals surface area contributed by atoms with Gasteiger partial charge in [-0.1, -0.05) is 11.6 Å². The van der Waals surface area contributed by atoms with Crippen molar-refractivity contribution in [2.45, 2.75) is 52.3 Å². The molecular formula is C13H22ClN3O. The van der Waals surface area contributed by atoms with E-state index < -0.39 is 0 Å². The summed E-state index contributed by atoms with van der Waals surface area (Å²) in [6, 6.07) is 0. The molecule has 0 aromatic carbocycles. The van der Waals surface area contributed by atoms with Crippen molar-refractivity contribution in [2.24, 2.45) is 0 Å². The standard InChI is InChI=1S/C13H22ClN3O/c1-3-17-12(13(14)10(2)16-17)9-15-7-6-11-5-4-8-18-11/h11,15H,3-9H2,1-2H3. The molecule has 1 aromatic rings. The predicted molar refractivity (Wildman–Crippen MR) is 72.9 cm³/mol. The zero-order valence-corrected chi connectivity index (χ0v) is 12.0. The topological polar surface area (TPSA) is 39.1 Å². The summed E-state index contributed by atoms with van der Waals surface area (Å²) in [4.78, 5) is 0. The quantitative estimate of drug-likeness (QED) is 0.808. The van der Waals surface area contributed by atoms with Crippen molar-refractivity contribution in [1.29, 1.82) is 0 Å². The zero-order valence-electron chi connectivity index (χ0n) is 11.2. The van der Waals surface area contributed by atoms with Crippen molar-refractivity contribution < 1.29 is 4.74 Å². The van der Waals surface area contributed by atoms with Crippen LogP contribution in [0.15, 0.2) is 0 Å². The largest absolute Gasteiger partial charge is 0.378 e.